The molecule has 0 amide bonds. The van der Waals surface area contributed by atoms with Crippen LogP contribution in [0.2, 0.25) is 0 Å². The van der Waals surface area contributed by atoms with Crippen molar-refractivity contribution in [3.63, 3.8) is 0 Å². The van der Waals surface area contributed by atoms with E-state index in [0.717, 1.165) is 35.0 Å². The molecule has 2 aliphatic heterocycles. The number of carbonyl (C=O) groups excluding carboxylic acids is 2. The Morgan fingerprint density at radius 1 is 1.38 bits per heavy atom. The fourth-order valence-electron chi connectivity index (χ4n) is 4.89. The van der Waals surface area contributed by atoms with Crippen LogP contribution in [0.15, 0.2) is 24.3 Å². The highest BCUT2D eigenvalue weighted by Crippen LogP contribution is 2.50. The van der Waals surface area contributed by atoms with Gasteiger partial charge < -0.3 is 9.72 Å². The largest absolute Gasteiger partial charge is 0.465 e. The van der Waals surface area contributed by atoms with Gasteiger partial charge >= 0.3 is 5.97 Å². The topological polar surface area (TPSA) is 71.6 Å². The first-order valence-corrected chi connectivity index (χ1v) is 9.43. The normalized spacial score (nSPS) is 30.7. The molecule has 136 valence electrons. The standard InChI is InChI=1S/C20H22N2O4/c1-2-25-20(24)14-10-12-11-6-3-4-7-13(11)21-18(12)19-17-15(23)8-5-9-16(17)26-22(14)19/h3-4,6-7,14,16-17,19,21H,2,5,8-10H2,1H3/t14-,16?,17?,19+/m0/s1. The summed E-state index contributed by atoms with van der Waals surface area (Å²) in [5, 5.41) is 2.87. The third-order valence-corrected chi connectivity index (χ3v) is 5.96. The van der Waals surface area contributed by atoms with Crippen molar-refractivity contribution in [2.75, 3.05) is 6.61 Å². The minimum absolute atomic E-state index is 0.143. The molecule has 0 bridgehead atoms. The lowest BCUT2D eigenvalue weighted by Gasteiger charge is -2.35. The number of hydrogen-bond acceptors (Lipinski definition) is 5. The molecule has 1 aromatic carbocycles. The maximum absolute atomic E-state index is 12.7. The van der Waals surface area contributed by atoms with E-state index in [1.54, 1.807) is 5.06 Å². The maximum atomic E-state index is 12.7. The predicted octanol–water partition coefficient (Wildman–Crippen LogP) is 2.68. The number of aromatic nitrogens is 1. The summed E-state index contributed by atoms with van der Waals surface area (Å²) in [4.78, 5) is 35.0. The van der Waals surface area contributed by atoms with Crippen molar-refractivity contribution in [3.8, 4) is 0 Å². The Morgan fingerprint density at radius 2 is 2.23 bits per heavy atom. The molecule has 2 unspecified atom stereocenters. The van der Waals surface area contributed by atoms with Crippen LogP contribution in [0.4, 0.5) is 0 Å². The van der Waals surface area contributed by atoms with Crippen molar-refractivity contribution >= 4 is 22.7 Å². The van der Waals surface area contributed by atoms with E-state index in [-0.39, 0.29) is 29.8 Å². The lowest BCUT2D eigenvalue weighted by molar-refractivity contribution is -0.208. The van der Waals surface area contributed by atoms with E-state index in [4.69, 9.17) is 9.57 Å². The van der Waals surface area contributed by atoms with Crippen LogP contribution >= 0.6 is 0 Å². The number of fused-ring (bicyclic) bond motifs is 7. The molecule has 3 aliphatic rings. The Morgan fingerprint density at radius 3 is 3.08 bits per heavy atom. The summed E-state index contributed by atoms with van der Waals surface area (Å²) in [5.41, 5.74) is 3.17. The maximum Gasteiger partial charge on any atom is 0.326 e. The van der Waals surface area contributed by atoms with Crippen molar-refractivity contribution in [1.82, 2.24) is 10.0 Å². The first kappa shape index (κ1) is 16.0. The molecule has 6 nitrogen and oxygen atoms in total. The molecule has 0 spiro atoms. The average Bonchev–Trinajstić information content (AvgIpc) is 3.20. The van der Waals surface area contributed by atoms with Crippen LogP contribution in [0.1, 0.15) is 43.5 Å². The highest BCUT2D eigenvalue weighted by Gasteiger charge is 2.56. The van der Waals surface area contributed by atoms with Crippen LogP contribution in [0, 0.1) is 5.92 Å². The van der Waals surface area contributed by atoms with E-state index < -0.39 is 6.04 Å². The van der Waals surface area contributed by atoms with Gasteiger partial charge in [-0.2, -0.15) is 5.06 Å². The number of hydrogen-bond donors (Lipinski definition) is 1. The third-order valence-electron chi connectivity index (χ3n) is 5.96. The third kappa shape index (κ3) is 2.18. The quantitative estimate of drug-likeness (QED) is 0.840. The van der Waals surface area contributed by atoms with Crippen LogP contribution in [0.3, 0.4) is 0 Å². The van der Waals surface area contributed by atoms with Crippen molar-refractivity contribution in [3.05, 3.63) is 35.5 Å². The Hall–Kier alpha value is -2.18. The van der Waals surface area contributed by atoms with Gasteiger partial charge in [0, 0.05) is 29.4 Å². The van der Waals surface area contributed by atoms with Gasteiger partial charge in [0.1, 0.15) is 11.8 Å². The molecule has 3 heterocycles. The second-order valence-corrected chi connectivity index (χ2v) is 7.37. The van der Waals surface area contributed by atoms with Gasteiger partial charge in [-0.05, 0) is 31.4 Å². The number of Topliss-reactive ketones (excluding diaryl/α,β-unsaturated/α-hetero) is 1. The first-order chi connectivity index (χ1) is 12.7. The molecule has 4 atom stereocenters. The van der Waals surface area contributed by atoms with Crippen LogP contribution in [0.5, 0.6) is 0 Å². The Balaban J connectivity index is 1.66. The molecule has 1 saturated heterocycles. The number of aromatic amines is 1. The highest BCUT2D eigenvalue weighted by molar-refractivity contribution is 5.89. The molecule has 1 aromatic heterocycles. The molecule has 1 saturated carbocycles. The zero-order valence-electron chi connectivity index (χ0n) is 14.7. The van der Waals surface area contributed by atoms with Gasteiger partial charge in [0.2, 0.25) is 0 Å². The molecule has 0 radical (unpaired) electrons. The zero-order chi connectivity index (χ0) is 17.8. The van der Waals surface area contributed by atoms with Crippen molar-refractivity contribution < 1.29 is 19.2 Å². The van der Waals surface area contributed by atoms with Crippen molar-refractivity contribution in [2.45, 2.75) is 50.8 Å². The van der Waals surface area contributed by atoms with Gasteiger partial charge in [-0.3, -0.25) is 14.4 Å². The molecule has 2 fully saturated rings. The molecule has 6 heteroatoms. The SMILES string of the molecule is CCOC(=O)[C@@H]1Cc2c([nH]c3ccccc23)[C@H]2C3C(=O)CCCC3ON12. The molecule has 2 aromatic rings. The Labute approximate surface area is 151 Å². The predicted molar refractivity (Wildman–Crippen MR) is 94.2 cm³/mol. The Kier molecular flexibility index (Phi) is 3.65. The van der Waals surface area contributed by atoms with Gasteiger partial charge in [-0.15, -0.1) is 0 Å². The number of carbonyl (C=O) groups is 2. The van der Waals surface area contributed by atoms with E-state index in [0.29, 0.717) is 19.4 Å². The summed E-state index contributed by atoms with van der Waals surface area (Å²) in [5.74, 6) is -0.254. The molecule has 26 heavy (non-hydrogen) atoms. The summed E-state index contributed by atoms with van der Waals surface area (Å²) < 4.78 is 5.32. The average molecular weight is 354 g/mol. The number of H-pyrrole nitrogens is 1. The minimum atomic E-state index is -0.509. The molecular weight excluding hydrogens is 332 g/mol. The first-order valence-electron chi connectivity index (χ1n) is 9.43. The number of para-hydroxylation sites is 1. The lowest BCUT2D eigenvalue weighted by Crippen LogP contribution is -2.47. The van der Waals surface area contributed by atoms with Gasteiger partial charge in [0.05, 0.1) is 24.7 Å². The van der Waals surface area contributed by atoms with E-state index in [1.807, 2.05) is 25.1 Å². The molecule has 5 rings (SSSR count). The summed E-state index contributed by atoms with van der Waals surface area (Å²) in [6, 6.07) is 7.35. The van der Waals surface area contributed by atoms with E-state index >= 15 is 0 Å². The smallest absolute Gasteiger partial charge is 0.326 e. The van der Waals surface area contributed by atoms with Crippen molar-refractivity contribution in [1.29, 1.82) is 0 Å². The van der Waals surface area contributed by atoms with Crippen LogP contribution in [0.25, 0.3) is 10.9 Å². The second kappa shape index (κ2) is 5.93. The molecule has 1 N–H and O–H groups in total. The summed E-state index contributed by atoms with van der Waals surface area (Å²) >= 11 is 0. The monoisotopic (exact) mass is 354 g/mol. The van der Waals surface area contributed by atoms with Gasteiger partial charge in [0.15, 0.2) is 0 Å². The van der Waals surface area contributed by atoms with Gasteiger partial charge in [0.25, 0.3) is 0 Å². The minimum Gasteiger partial charge on any atom is -0.465 e. The lowest BCUT2D eigenvalue weighted by atomic mass is 9.77. The zero-order valence-corrected chi connectivity index (χ0v) is 14.7. The number of hydroxylamine groups is 2. The van der Waals surface area contributed by atoms with Crippen LogP contribution in [-0.2, 0) is 25.6 Å². The van der Waals surface area contributed by atoms with Gasteiger partial charge in [-0.1, -0.05) is 18.2 Å². The fraction of sp³-hybridized carbons (Fsp3) is 0.500. The number of rotatable bonds is 2. The summed E-state index contributed by atoms with van der Waals surface area (Å²) in [6.07, 6.45) is 2.69. The van der Waals surface area contributed by atoms with E-state index in [2.05, 4.69) is 11.1 Å². The number of nitrogens with zero attached hydrogens (tertiary/aromatic N) is 1. The molecule has 1 aliphatic carbocycles. The summed E-state index contributed by atoms with van der Waals surface area (Å²) in [6.45, 7) is 2.14. The molecular formula is C20H22N2O4. The summed E-state index contributed by atoms with van der Waals surface area (Å²) in [7, 11) is 0. The van der Waals surface area contributed by atoms with Crippen molar-refractivity contribution in [2.24, 2.45) is 5.92 Å². The number of ether oxygens (including phenoxy) is 1. The highest BCUT2D eigenvalue weighted by atomic mass is 16.7. The fourth-order valence-corrected chi connectivity index (χ4v) is 4.89. The number of esters is 1. The number of ketones is 1. The van der Waals surface area contributed by atoms with Crippen LogP contribution < -0.4 is 0 Å². The van der Waals surface area contributed by atoms with Gasteiger partial charge in [-0.25, -0.2) is 0 Å². The van der Waals surface area contributed by atoms with E-state index in [1.165, 1.54) is 0 Å². The Bertz CT molecular complexity index is 889. The number of benzene rings is 1. The second-order valence-electron chi connectivity index (χ2n) is 7.37. The van der Waals surface area contributed by atoms with Crippen LogP contribution in [-0.4, -0.2) is 40.6 Å². The number of nitrogens with one attached hydrogen (secondary N) is 1. The van der Waals surface area contributed by atoms with E-state index in [9.17, 15) is 9.59 Å².